The Kier molecular flexibility index (Phi) is 5.90. The van der Waals surface area contributed by atoms with Crippen LogP contribution in [0.25, 0.3) is 0 Å². The van der Waals surface area contributed by atoms with Crippen LogP contribution in [0.4, 0.5) is 17.6 Å². The molecule has 2 atom stereocenters. The fourth-order valence-corrected chi connectivity index (χ4v) is 5.73. The first-order chi connectivity index (χ1) is 16.2. The summed E-state index contributed by atoms with van der Waals surface area (Å²) >= 11 is 0. The molecule has 3 saturated heterocycles. The van der Waals surface area contributed by atoms with E-state index in [9.17, 15) is 5.11 Å². The van der Waals surface area contributed by atoms with E-state index in [1.54, 1.807) is 0 Å². The number of aromatic nitrogens is 3. The van der Waals surface area contributed by atoms with E-state index in [1.807, 2.05) is 6.20 Å². The van der Waals surface area contributed by atoms with Crippen LogP contribution in [0.5, 0.6) is 0 Å². The van der Waals surface area contributed by atoms with E-state index in [1.165, 1.54) is 24.8 Å². The lowest BCUT2D eigenvalue weighted by Crippen LogP contribution is -2.38. The van der Waals surface area contributed by atoms with Crippen molar-refractivity contribution in [1.29, 1.82) is 0 Å². The second-order valence-electron chi connectivity index (χ2n) is 10.0. The molecule has 6 rings (SSSR count). The summed E-state index contributed by atoms with van der Waals surface area (Å²) in [5.74, 6) is 3.59. The zero-order chi connectivity index (χ0) is 22.2. The maximum Gasteiger partial charge on any atom is 0.227 e. The summed E-state index contributed by atoms with van der Waals surface area (Å²) in [6.45, 7) is 4.63. The quantitative estimate of drug-likeness (QED) is 0.666. The lowest BCUT2D eigenvalue weighted by Gasteiger charge is -2.32. The Morgan fingerprint density at radius 1 is 1.06 bits per heavy atom. The van der Waals surface area contributed by atoms with Gasteiger partial charge in [-0.3, -0.25) is 0 Å². The molecule has 0 aromatic carbocycles. The van der Waals surface area contributed by atoms with Crippen molar-refractivity contribution in [3.8, 4) is 0 Å². The minimum atomic E-state index is 0.225. The number of ether oxygens (including phenoxy) is 1. The maximum absolute atomic E-state index is 9.27. The van der Waals surface area contributed by atoms with E-state index in [0.717, 1.165) is 75.3 Å². The monoisotopic (exact) mass is 450 g/mol. The molecule has 2 aromatic rings. The molecule has 8 nitrogen and oxygen atoms in total. The normalized spacial score (nSPS) is 26.0. The van der Waals surface area contributed by atoms with Gasteiger partial charge in [0.2, 0.25) is 5.95 Å². The number of fused-ring (bicyclic) bond motifs is 2. The number of piperidine rings is 1. The first-order valence-corrected chi connectivity index (χ1v) is 12.6. The van der Waals surface area contributed by atoms with Gasteiger partial charge in [0, 0.05) is 31.3 Å². The van der Waals surface area contributed by atoms with Gasteiger partial charge < -0.3 is 25.0 Å². The molecule has 3 aliphatic heterocycles. The van der Waals surface area contributed by atoms with Crippen molar-refractivity contribution >= 4 is 17.6 Å². The molecule has 2 unspecified atom stereocenters. The number of morpholine rings is 1. The number of nitrogens with one attached hydrogen (secondary N) is 1. The molecule has 8 heteroatoms. The van der Waals surface area contributed by atoms with Crippen LogP contribution < -0.4 is 10.2 Å². The third kappa shape index (κ3) is 4.44. The summed E-state index contributed by atoms with van der Waals surface area (Å²) in [7, 11) is 0. The highest BCUT2D eigenvalue weighted by Crippen LogP contribution is 2.37. The number of pyridine rings is 1. The first-order valence-electron chi connectivity index (χ1n) is 12.6. The highest BCUT2D eigenvalue weighted by Gasteiger charge is 2.40. The topological polar surface area (TPSA) is 86.6 Å². The number of aliphatic hydroxyl groups is 1. The second-order valence-corrected chi connectivity index (χ2v) is 10.0. The summed E-state index contributed by atoms with van der Waals surface area (Å²) in [6, 6.07) is 6.83. The Bertz CT molecular complexity index is 975. The van der Waals surface area contributed by atoms with E-state index >= 15 is 0 Å². The summed E-state index contributed by atoms with van der Waals surface area (Å²) in [6.07, 6.45) is 9.28. The molecule has 2 aromatic heterocycles. The van der Waals surface area contributed by atoms with E-state index in [0.29, 0.717) is 24.0 Å². The van der Waals surface area contributed by atoms with Gasteiger partial charge in [0.15, 0.2) is 0 Å². The molecule has 1 saturated carbocycles. The van der Waals surface area contributed by atoms with Crippen LogP contribution >= 0.6 is 0 Å². The lowest BCUT2D eigenvalue weighted by molar-refractivity contribution is 0.0986. The standard InChI is InChI=1S/C25H34N6O2/c32-11-10-30-8-5-18(6-9-30)22-14-24(28-23-12-19(4-7-26-23)17-2-1-3-17)29-25(27-22)31-15-21-13-20(31)16-33-21/h4,7,12,14,17-18,20-21,32H,1-3,5-6,8-11,13,15-16H2,(H,26,27,28,29). The van der Waals surface area contributed by atoms with Crippen molar-refractivity contribution < 1.29 is 9.84 Å². The number of hydrogen-bond donors (Lipinski definition) is 2. The van der Waals surface area contributed by atoms with Crippen LogP contribution in [0.15, 0.2) is 24.4 Å². The van der Waals surface area contributed by atoms with E-state index in [4.69, 9.17) is 14.7 Å². The summed E-state index contributed by atoms with van der Waals surface area (Å²) < 4.78 is 5.81. The zero-order valence-electron chi connectivity index (χ0n) is 19.2. The molecule has 0 radical (unpaired) electrons. The van der Waals surface area contributed by atoms with E-state index in [2.05, 4.69) is 38.3 Å². The van der Waals surface area contributed by atoms with Crippen molar-refractivity contribution in [2.45, 2.75) is 62.5 Å². The third-order valence-corrected chi connectivity index (χ3v) is 7.93. The predicted molar refractivity (Wildman–Crippen MR) is 127 cm³/mol. The second kappa shape index (κ2) is 9.16. The SMILES string of the molecule is OCCN1CCC(c2cc(Nc3cc(C4CCC4)ccn3)nc(N3CC4CC3CO4)n2)CC1. The lowest BCUT2D eigenvalue weighted by atomic mass is 9.80. The van der Waals surface area contributed by atoms with Crippen molar-refractivity contribution in [2.75, 3.05) is 49.6 Å². The van der Waals surface area contributed by atoms with Gasteiger partial charge in [-0.15, -0.1) is 0 Å². The molecule has 2 N–H and O–H groups in total. The fourth-order valence-electron chi connectivity index (χ4n) is 5.73. The molecule has 176 valence electrons. The molecule has 5 heterocycles. The molecular formula is C25H34N6O2. The number of β-amino-alcohol motifs (C(OH)–C–C–N with tert-alkyl or cyclic N) is 1. The van der Waals surface area contributed by atoms with Gasteiger partial charge >= 0.3 is 0 Å². The largest absolute Gasteiger partial charge is 0.395 e. The molecular weight excluding hydrogens is 416 g/mol. The number of likely N-dealkylation sites (tertiary alicyclic amines) is 1. The Morgan fingerprint density at radius 2 is 1.94 bits per heavy atom. The van der Waals surface area contributed by atoms with Crippen molar-refractivity contribution in [2.24, 2.45) is 0 Å². The molecule has 1 aliphatic carbocycles. The molecule has 4 fully saturated rings. The van der Waals surface area contributed by atoms with Crippen LogP contribution in [0.2, 0.25) is 0 Å². The van der Waals surface area contributed by atoms with Gasteiger partial charge in [-0.1, -0.05) is 6.42 Å². The van der Waals surface area contributed by atoms with Gasteiger partial charge in [-0.05, 0) is 68.8 Å². The van der Waals surface area contributed by atoms with Gasteiger partial charge in [-0.25, -0.2) is 9.97 Å². The number of rotatable bonds is 7. The summed E-state index contributed by atoms with van der Waals surface area (Å²) in [4.78, 5) is 19.3. The number of nitrogens with zero attached hydrogens (tertiary/aromatic N) is 5. The Balaban J connectivity index is 1.26. The maximum atomic E-state index is 9.27. The van der Waals surface area contributed by atoms with Crippen LogP contribution in [-0.2, 0) is 4.74 Å². The third-order valence-electron chi connectivity index (χ3n) is 7.93. The zero-order valence-corrected chi connectivity index (χ0v) is 19.2. The highest BCUT2D eigenvalue weighted by atomic mass is 16.5. The molecule has 0 spiro atoms. The number of anilines is 3. The first kappa shape index (κ1) is 21.3. The van der Waals surface area contributed by atoms with Gasteiger partial charge in [0.1, 0.15) is 11.6 Å². The smallest absolute Gasteiger partial charge is 0.227 e. The molecule has 2 bridgehead atoms. The summed E-state index contributed by atoms with van der Waals surface area (Å²) in [5.41, 5.74) is 2.49. The average molecular weight is 451 g/mol. The molecule has 33 heavy (non-hydrogen) atoms. The predicted octanol–water partition coefficient (Wildman–Crippen LogP) is 3.03. The average Bonchev–Trinajstić information content (AvgIpc) is 3.43. The fraction of sp³-hybridized carbons (Fsp3) is 0.640. The van der Waals surface area contributed by atoms with Crippen LogP contribution in [0.1, 0.15) is 61.6 Å². The van der Waals surface area contributed by atoms with Gasteiger partial charge in [0.05, 0.1) is 31.1 Å². The minimum Gasteiger partial charge on any atom is -0.395 e. The van der Waals surface area contributed by atoms with Gasteiger partial charge in [0.25, 0.3) is 0 Å². The molecule has 4 aliphatic rings. The number of hydrogen-bond acceptors (Lipinski definition) is 8. The highest BCUT2D eigenvalue weighted by molar-refractivity contribution is 5.56. The van der Waals surface area contributed by atoms with Gasteiger partial charge in [-0.2, -0.15) is 4.98 Å². The summed E-state index contributed by atoms with van der Waals surface area (Å²) in [5, 5.41) is 12.8. The van der Waals surface area contributed by atoms with Crippen molar-refractivity contribution in [1.82, 2.24) is 19.9 Å². The molecule has 0 amide bonds. The van der Waals surface area contributed by atoms with Crippen molar-refractivity contribution in [3.63, 3.8) is 0 Å². The van der Waals surface area contributed by atoms with Crippen LogP contribution in [-0.4, -0.2) is 76.5 Å². The van der Waals surface area contributed by atoms with Crippen LogP contribution in [0, 0.1) is 0 Å². The van der Waals surface area contributed by atoms with E-state index < -0.39 is 0 Å². The number of aliphatic hydroxyl groups excluding tert-OH is 1. The van der Waals surface area contributed by atoms with Crippen LogP contribution in [0.3, 0.4) is 0 Å². The van der Waals surface area contributed by atoms with E-state index in [-0.39, 0.29) is 6.61 Å². The Hall–Kier alpha value is -2.29. The Labute approximate surface area is 195 Å². The Morgan fingerprint density at radius 3 is 2.64 bits per heavy atom. The minimum absolute atomic E-state index is 0.225. The van der Waals surface area contributed by atoms with Crippen molar-refractivity contribution in [3.05, 3.63) is 35.7 Å².